The quantitative estimate of drug-likeness (QED) is 0.388. The summed E-state index contributed by atoms with van der Waals surface area (Å²) in [4.78, 5) is 7.27. The van der Waals surface area contributed by atoms with Gasteiger partial charge in [-0.25, -0.2) is 4.99 Å². The van der Waals surface area contributed by atoms with Crippen molar-refractivity contribution in [2.75, 3.05) is 13.6 Å². The number of hydrogen-bond donors (Lipinski definition) is 1. The Balaban J connectivity index is 0.00000261. The van der Waals surface area contributed by atoms with Crippen LogP contribution in [0.4, 0.5) is 0 Å². The van der Waals surface area contributed by atoms with E-state index in [0.717, 1.165) is 36.0 Å². The minimum Gasteiger partial charge on any atom is -0.354 e. The normalized spacial score (nSPS) is 23.9. The highest BCUT2D eigenvalue weighted by Gasteiger charge is 2.23. The Morgan fingerprint density at radius 3 is 2.41 bits per heavy atom. The van der Waals surface area contributed by atoms with E-state index in [1.165, 1.54) is 51.4 Å². The topological polar surface area (TPSA) is 58.3 Å². The molecule has 0 aromatic carbocycles. The van der Waals surface area contributed by atoms with Gasteiger partial charge in [0.2, 0.25) is 0 Å². The van der Waals surface area contributed by atoms with E-state index >= 15 is 0 Å². The van der Waals surface area contributed by atoms with Crippen LogP contribution in [0.2, 0.25) is 0 Å². The standard InChI is InChI=1S/C20H36N6.HI/c1-15-9-11-17(12-10-15)14-25(3)20(22-18-7-5-6-8-18)21-13-19-24-23-16(2)26(19)4;/h15,17-18H,5-14H2,1-4H3,(H,21,22);1H. The van der Waals surface area contributed by atoms with Crippen LogP contribution in [0.5, 0.6) is 0 Å². The maximum absolute atomic E-state index is 4.92. The molecule has 0 aliphatic heterocycles. The third-order valence-electron chi connectivity index (χ3n) is 6.27. The molecular formula is C20H37IN6. The molecule has 0 unspecified atom stereocenters. The van der Waals surface area contributed by atoms with E-state index in [2.05, 4.69) is 34.4 Å². The third kappa shape index (κ3) is 6.32. The van der Waals surface area contributed by atoms with Gasteiger partial charge in [0.25, 0.3) is 0 Å². The maximum atomic E-state index is 4.92. The van der Waals surface area contributed by atoms with Crippen LogP contribution < -0.4 is 5.32 Å². The molecule has 1 heterocycles. The summed E-state index contributed by atoms with van der Waals surface area (Å²) >= 11 is 0. The fraction of sp³-hybridized carbons (Fsp3) is 0.850. The van der Waals surface area contributed by atoms with E-state index in [-0.39, 0.29) is 24.0 Å². The Hall–Kier alpha value is -0.860. The van der Waals surface area contributed by atoms with Crippen LogP contribution in [-0.4, -0.2) is 45.3 Å². The maximum Gasteiger partial charge on any atom is 0.194 e. The van der Waals surface area contributed by atoms with Gasteiger partial charge in [0.1, 0.15) is 12.4 Å². The Labute approximate surface area is 181 Å². The minimum atomic E-state index is 0. The first-order valence-electron chi connectivity index (χ1n) is 10.4. The van der Waals surface area contributed by atoms with Gasteiger partial charge in [-0.15, -0.1) is 34.2 Å². The number of nitrogens with zero attached hydrogens (tertiary/aromatic N) is 5. The van der Waals surface area contributed by atoms with Crippen molar-refractivity contribution >= 4 is 29.9 Å². The SMILES string of the molecule is Cc1nnc(CN=C(NC2CCCC2)N(C)CC2CCC(C)CC2)n1C.I. The first kappa shape index (κ1) is 22.4. The smallest absolute Gasteiger partial charge is 0.194 e. The van der Waals surface area contributed by atoms with E-state index in [9.17, 15) is 0 Å². The summed E-state index contributed by atoms with van der Waals surface area (Å²) in [7, 11) is 4.21. The lowest BCUT2D eigenvalue weighted by Crippen LogP contribution is -2.45. The number of rotatable bonds is 5. The van der Waals surface area contributed by atoms with Gasteiger partial charge in [-0.2, -0.15) is 0 Å². The molecule has 2 saturated carbocycles. The lowest BCUT2D eigenvalue weighted by molar-refractivity contribution is 0.249. The first-order chi connectivity index (χ1) is 12.5. The van der Waals surface area contributed by atoms with Crippen molar-refractivity contribution in [2.24, 2.45) is 23.9 Å². The van der Waals surface area contributed by atoms with Crippen LogP contribution in [0.3, 0.4) is 0 Å². The number of nitrogens with one attached hydrogen (secondary N) is 1. The molecule has 0 saturated heterocycles. The van der Waals surface area contributed by atoms with Gasteiger partial charge >= 0.3 is 0 Å². The lowest BCUT2D eigenvalue weighted by atomic mass is 9.83. The Kier molecular flexibility index (Phi) is 8.82. The van der Waals surface area contributed by atoms with Crippen LogP contribution in [-0.2, 0) is 13.6 Å². The molecule has 0 bridgehead atoms. The molecule has 2 fully saturated rings. The molecule has 1 N–H and O–H groups in total. The fourth-order valence-corrected chi connectivity index (χ4v) is 4.25. The number of aromatic nitrogens is 3. The van der Waals surface area contributed by atoms with Gasteiger partial charge in [0.15, 0.2) is 11.8 Å². The fourth-order valence-electron chi connectivity index (χ4n) is 4.25. The predicted octanol–water partition coefficient (Wildman–Crippen LogP) is 3.89. The van der Waals surface area contributed by atoms with Crippen molar-refractivity contribution in [1.29, 1.82) is 0 Å². The highest BCUT2D eigenvalue weighted by molar-refractivity contribution is 14.0. The molecule has 27 heavy (non-hydrogen) atoms. The molecule has 0 atom stereocenters. The van der Waals surface area contributed by atoms with Crippen molar-refractivity contribution in [3.05, 3.63) is 11.6 Å². The van der Waals surface area contributed by atoms with Crippen LogP contribution in [0.1, 0.15) is 69.9 Å². The molecule has 0 amide bonds. The van der Waals surface area contributed by atoms with Gasteiger partial charge in [0, 0.05) is 26.7 Å². The van der Waals surface area contributed by atoms with Crippen molar-refractivity contribution in [2.45, 2.75) is 77.8 Å². The molecule has 6 nitrogen and oxygen atoms in total. The molecule has 7 heteroatoms. The van der Waals surface area contributed by atoms with Crippen molar-refractivity contribution < 1.29 is 0 Å². The summed E-state index contributed by atoms with van der Waals surface area (Å²) in [6.07, 6.45) is 10.6. The second-order valence-electron chi connectivity index (χ2n) is 8.49. The second kappa shape index (κ2) is 10.6. The summed E-state index contributed by atoms with van der Waals surface area (Å²) in [6.45, 7) is 6.05. The molecule has 2 aliphatic carbocycles. The molecule has 1 aromatic heterocycles. The van der Waals surface area contributed by atoms with Gasteiger partial charge in [-0.1, -0.05) is 32.6 Å². The molecule has 0 radical (unpaired) electrons. The predicted molar refractivity (Wildman–Crippen MR) is 121 cm³/mol. The summed E-state index contributed by atoms with van der Waals surface area (Å²) in [5.41, 5.74) is 0. The third-order valence-corrected chi connectivity index (χ3v) is 6.27. The molecule has 3 rings (SSSR count). The molecule has 0 spiro atoms. The molecule has 1 aromatic rings. The van der Waals surface area contributed by atoms with Crippen LogP contribution >= 0.6 is 24.0 Å². The van der Waals surface area contributed by atoms with Gasteiger partial charge in [0.05, 0.1) is 0 Å². The average molecular weight is 488 g/mol. The van der Waals surface area contributed by atoms with Gasteiger partial charge < -0.3 is 14.8 Å². The highest BCUT2D eigenvalue weighted by Crippen LogP contribution is 2.28. The lowest BCUT2D eigenvalue weighted by Gasteiger charge is -2.32. The Morgan fingerprint density at radius 2 is 1.81 bits per heavy atom. The summed E-state index contributed by atoms with van der Waals surface area (Å²) in [6, 6.07) is 0.573. The van der Waals surface area contributed by atoms with Crippen molar-refractivity contribution in [3.8, 4) is 0 Å². The van der Waals surface area contributed by atoms with Crippen LogP contribution in [0.25, 0.3) is 0 Å². The Morgan fingerprint density at radius 1 is 1.15 bits per heavy atom. The zero-order valence-electron chi connectivity index (χ0n) is 17.4. The minimum absolute atomic E-state index is 0. The summed E-state index contributed by atoms with van der Waals surface area (Å²) < 4.78 is 2.03. The van der Waals surface area contributed by atoms with E-state index in [1.807, 2.05) is 18.5 Å². The number of halogens is 1. The van der Waals surface area contributed by atoms with Gasteiger partial charge in [-0.05, 0) is 44.4 Å². The number of guanidine groups is 1. The zero-order valence-corrected chi connectivity index (χ0v) is 19.8. The van der Waals surface area contributed by atoms with Crippen LogP contribution in [0.15, 0.2) is 4.99 Å². The highest BCUT2D eigenvalue weighted by atomic mass is 127. The van der Waals surface area contributed by atoms with Crippen molar-refractivity contribution in [1.82, 2.24) is 25.0 Å². The first-order valence-corrected chi connectivity index (χ1v) is 10.4. The summed E-state index contributed by atoms with van der Waals surface area (Å²) in [5, 5.41) is 12.1. The van der Waals surface area contributed by atoms with Gasteiger partial charge in [-0.3, -0.25) is 0 Å². The summed E-state index contributed by atoms with van der Waals surface area (Å²) in [5.74, 6) is 4.60. The number of aliphatic imine (C=N–C) groups is 1. The number of hydrogen-bond acceptors (Lipinski definition) is 3. The van der Waals surface area contributed by atoms with E-state index in [1.54, 1.807) is 0 Å². The monoisotopic (exact) mass is 488 g/mol. The molecule has 2 aliphatic rings. The molecular weight excluding hydrogens is 451 g/mol. The van der Waals surface area contributed by atoms with E-state index in [4.69, 9.17) is 4.99 Å². The van der Waals surface area contributed by atoms with Crippen molar-refractivity contribution in [3.63, 3.8) is 0 Å². The van der Waals surface area contributed by atoms with E-state index < -0.39 is 0 Å². The average Bonchev–Trinajstić information content (AvgIpc) is 3.25. The van der Waals surface area contributed by atoms with E-state index in [0.29, 0.717) is 12.6 Å². The van der Waals surface area contributed by atoms with Crippen LogP contribution in [0, 0.1) is 18.8 Å². The Bertz CT molecular complexity index is 600. The second-order valence-corrected chi connectivity index (χ2v) is 8.49. The largest absolute Gasteiger partial charge is 0.354 e. The molecule has 154 valence electrons. The number of aryl methyl sites for hydroxylation is 1. The zero-order chi connectivity index (χ0) is 18.5.